The van der Waals surface area contributed by atoms with Crippen LogP contribution in [0, 0.1) is 6.92 Å². The molecule has 1 atom stereocenters. The molecule has 0 aliphatic carbocycles. The van der Waals surface area contributed by atoms with Gasteiger partial charge in [0.1, 0.15) is 11.9 Å². The largest absolute Gasteiger partial charge is 0.487 e. The minimum absolute atomic E-state index is 0.121. The van der Waals surface area contributed by atoms with Crippen LogP contribution < -0.4 is 9.04 Å². The van der Waals surface area contributed by atoms with Gasteiger partial charge in [0.05, 0.1) is 18.5 Å². The van der Waals surface area contributed by atoms with Crippen molar-refractivity contribution in [3.8, 4) is 5.75 Å². The molecule has 0 bridgehead atoms. The molecule has 0 aromatic heterocycles. The molecule has 1 aliphatic rings. The van der Waals surface area contributed by atoms with Crippen molar-refractivity contribution in [2.45, 2.75) is 20.0 Å². The van der Waals surface area contributed by atoms with Crippen molar-refractivity contribution in [1.82, 2.24) is 0 Å². The summed E-state index contributed by atoms with van der Waals surface area (Å²) in [5.74, 6) is 0.643. The lowest BCUT2D eigenvalue weighted by Gasteiger charge is -2.33. The lowest BCUT2D eigenvalue weighted by molar-refractivity contribution is 0.219. The number of benzene rings is 1. The van der Waals surface area contributed by atoms with E-state index in [2.05, 4.69) is 0 Å². The molecule has 0 saturated heterocycles. The fourth-order valence-corrected chi connectivity index (χ4v) is 2.81. The molecule has 0 amide bonds. The third-order valence-corrected chi connectivity index (χ3v) is 3.68. The highest BCUT2D eigenvalue weighted by molar-refractivity contribution is 7.92. The summed E-state index contributed by atoms with van der Waals surface area (Å²) < 4.78 is 30.3. The number of anilines is 1. The van der Waals surface area contributed by atoms with Gasteiger partial charge in [-0.25, -0.2) is 8.42 Å². The predicted molar refractivity (Wildman–Crippen MR) is 63.5 cm³/mol. The summed E-state index contributed by atoms with van der Waals surface area (Å²) in [5, 5.41) is 0. The molecule has 1 heterocycles. The molecule has 0 unspecified atom stereocenters. The number of aryl methyl sites for hydroxylation is 1. The van der Waals surface area contributed by atoms with Gasteiger partial charge in [-0.3, -0.25) is 4.31 Å². The Morgan fingerprint density at radius 1 is 1.44 bits per heavy atom. The first-order valence-corrected chi connectivity index (χ1v) is 6.98. The SMILES string of the molecule is Cc1ccc2c(c1)O[C@@H](C)CN2S(C)(=O)=O. The third-order valence-electron chi connectivity index (χ3n) is 2.54. The summed E-state index contributed by atoms with van der Waals surface area (Å²) in [7, 11) is -3.23. The van der Waals surface area contributed by atoms with Crippen LogP contribution in [0.3, 0.4) is 0 Å². The number of ether oxygens (including phenoxy) is 1. The zero-order valence-corrected chi connectivity index (χ0v) is 10.4. The lowest BCUT2D eigenvalue weighted by Crippen LogP contribution is -2.41. The molecule has 0 saturated carbocycles. The van der Waals surface area contributed by atoms with Crippen LogP contribution in [0.25, 0.3) is 0 Å². The zero-order chi connectivity index (χ0) is 11.9. The average Bonchev–Trinajstić information content (AvgIpc) is 2.14. The fourth-order valence-electron chi connectivity index (χ4n) is 1.82. The van der Waals surface area contributed by atoms with Crippen molar-refractivity contribution >= 4 is 15.7 Å². The summed E-state index contributed by atoms with van der Waals surface area (Å²) in [5.41, 5.74) is 1.69. The molecule has 1 aromatic carbocycles. The second-order valence-corrected chi connectivity index (χ2v) is 6.10. The van der Waals surface area contributed by atoms with Gasteiger partial charge < -0.3 is 4.74 Å². The van der Waals surface area contributed by atoms with E-state index in [0.29, 0.717) is 18.0 Å². The van der Waals surface area contributed by atoms with Gasteiger partial charge in [0.25, 0.3) is 0 Å². The maximum atomic E-state index is 11.6. The van der Waals surface area contributed by atoms with Crippen molar-refractivity contribution < 1.29 is 13.2 Å². The molecular weight excluding hydrogens is 226 g/mol. The number of hydrogen-bond acceptors (Lipinski definition) is 3. The number of fused-ring (bicyclic) bond motifs is 1. The summed E-state index contributed by atoms with van der Waals surface area (Å²) in [6.07, 6.45) is 1.10. The van der Waals surface area contributed by atoms with Crippen LogP contribution >= 0.6 is 0 Å². The normalized spacial score (nSPS) is 20.2. The molecular formula is C11H15NO3S. The summed E-state index contributed by atoms with van der Waals surface area (Å²) >= 11 is 0. The van der Waals surface area contributed by atoms with Gasteiger partial charge in [0.15, 0.2) is 0 Å². The standard InChI is InChI=1S/C11H15NO3S/c1-8-4-5-10-11(6-8)15-9(2)7-12(10)16(3,13)14/h4-6,9H,7H2,1-3H3/t9-/m0/s1. The average molecular weight is 241 g/mol. The Kier molecular flexibility index (Phi) is 2.58. The van der Waals surface area contributed by atoms with E-state index in [1.807, 2.05) is 26.0 Å². The molecule has 2 rings (SSSR count). The number of hydrogen-bond donors (Lipinski definition) is 0. The van der Waals surface area contributed by atoms with Crippen LogP contribution in [0.15, 0.2) is 18.2 Å². The van der Waals surface area contributed by atoms with Crippen LogP contribution in [0.1, 0.15) is 12.5 Å². The van der Waals surface area contributed by atoms with Crippen molar-refractivity contribution in [3.63, 3.8) is 0 Å². The second kappa shape index (κ2) is 3.66. The highest BCUT2D eigenvalue weighted by atomic mass is 32.2. The second-order valence-electron chi connectivity index (χ2n) is 4.19. The van der Waals surface area contributed by atoms with E-state index in [4.69, 9.17) is 4.74 Å². The first kappa shape index (κ1) is 11.3. The highest BCUT2D eigenvalue weighted by Gasteiger charge is 2.28. The smallest absolute Gasteiger partial charge is 0.232 e. The highest BCUT2D eigenvalue weighted by Crippen LogP contribution is 2.35. The van der Waals surface area contributed by atoms with Gasteiger partial charge >= 0.3 is 0 Å². The van der Waals surface area contributed by atoms with Gasteiger partial charge in [-0.05, 0) is 31.5 Å². The summed E-state index contributed by atoms with van der Waals surface area (Å²) in [6.45, 7) is 4.19. The van der Waals surface area contributed by atoms with Crippen LogP contribution in [0.4, 0.5) is 5.69 Å². The Bertz CT molecular complexity index is 510. The third kappa shape index (κ3) is 2.00. The van der Waals surface area contributed by atoms with Crippen molar-refractivity contribution in [2.75, 3.05) is 17.1 Å². The maximum absolute atomic E-state index is 11.6. The van der Waals surface area contributed by atoms with E-state index in [-0.39, 0.29) is 6.10 Å². The summed E-state index contributed by atoms with van der Waals surface area (Å²) in [4.78, 5) is 0. The van der Waals surface area contributed by atoms with E-state index < -0.39 is 10.0 Å². The van der Waals surface area contributed by atoms with Crippen molar-refractivity contribution in [1.29, 1.82) is 0 Å². The molecule has 0 radical (unpaired) electrons. The van der Waals surface area contributed by atoms with Crippen LogP contribution in [-0.4, -0.2) is 27.3 Å². The van der Waals surface area contributed by atoms with Gasteiger partial charge in [0.2, 0.25) is 10.0 Å². The van der Waals surface area contributed by atoms with Crippen LogP contribution in [0.5, 0.6) is 5.75 Å². The molecule has 1 aromatic rings. The van der Waals surface area contributed by atoms with Gasteiger partial charge in [0, 0.05) is 0 Å². The molecule has 16 heavy (non-hydrogen) atoms. The van der Waals surface area contributed by atoms with Crippen molar-refractivity contribution in [3.05, 3.63) is 23.8 Å². The van der Waals surface area contributed by atoms with Crippen LogP contribution in [-0.2, 0) is 10.0 Å². The van der Waals surface area contributed by atoms with E-state index in [0.717, 1.165) is 5.56 Å². The lowest BCUT2D eigenvalue weighted by atomic mass is 10.2. The molecule has 88 valence electrons. The van der Waals surface area contributed by atoms with E-state index >= 15 is 0 Å². The topological polar surface area (TPSA) is 46.6 Å². The molecule has 4 nitrogen and oxygen atoms in total. The van der Waals surface area contributed by atoms with Gasteiger partial charge in [-0.15, -0.1) is 0 Å². The molecule has 0 N–H and O–H groups in total. The molecule has 0 spiro atoms. The summed E-state index contributed by atoms with van der Waals surface area (Å²) in [6, 6.07) is 5.54. The molecule has 5 heteroatoms. The van der Waals surface area contributed by atoms with Gasteiger partial charge in [-0.2, -0.15) is 0 Å². The first-order chi connectivity index (χ1) is 7.38. The Labute approximate surface area is 95.9 Å². The monoisotopic (exact) mass is 241 g/mol. The predicted octanol–water partition coefficient (Wildman–Crippen LogP) is 1.54. The minimum Gasteiger partial charge on any atom is -0.487 e. The Morgan fingerprint density at radius 3 is 2.75 bits per heavy atom. The number of sulfonamides is 1. The van der Waals surface area contributed by atoms with Gasteiger partial charge in [-0.1, -0.05) is 6.07 Å². The Hall–Kier alpha value is -1.23. The first-order valence-electron chi connectivity index (χ1n) is 5.13. The van der Waals surface area contributed by atoms with E-state index in [1.165, 1.54) is 10.6 Å². The van der Waals surface area contributed by atoms with Crippen molar-refractivity contribution in [2.24, 2.45) is 0 Å². The maximum Gasteiger partial charge on any atom is 0.232 e. The number of rotatable bonds is 1. The Morgan fingerprint density at radius 2 is 2.12 bits per heavy atom. The fraction of sp³-hybridized carbons (Fsp3) is 0.455. The minimum atomic E-state index is -3.23. The molecule has 1 aliphatic heterocycles. The van der Waals surface area contributed by atoms with E-state index in [1.54, 1.807) is 6.07 Å². The quantitative estimate of drug-likeness (QED) is 0.749. The molecule has 0 fully saturated rings. The number of nitrogens with zero attached hydrogens (tertiary/aromatic N) is 1. The van der Waals surface area contributed by atoms with E-state index in [9.17, 15) is 8.42 Å². The Balaban J connectivity index is 2.54. The van der Waals surface area contributed by atoms with Crippen LogP contribution in [0.2, 0.25) is 0 Å². The zero-order valence-electron chi connectivity index (χ0n) is 9.60.